The van der Waals surface area contributed by atoms with Gasteiger partial charge in [0.25, 0.3) is 0 Å². The van der Waals surface area contributed by atoms with Crippen molar-refractivity contribution in [2.75, 3.05) is 18.4 Å². The zero-order valence-corrected chi connectivity index (χ0v) is 16.9. The summed E-state index contributed by atoms with van der Waals surface area (Å²) in [6.07, 6.45) is 8.44. The number of nitrogens with one attached hydrogen (secondary N) is 1. The first kappa shape index (κ1) is 20.1. The van der Waals surface area contributed by atoms with Gasteiger partial charge in [-0.25, -0.2) is 0 Å². The number of rotatable bonds is 7. The molecule has 6 nitrogen and oxygen atoms in total. The van der Waals surface area contributed by atoms with Crippen molar-refractivity contribution in [1.82, 2.24) is 14.7 Å². The molecule has 6 heteroatoms. The number of carbonyl (C=O) groups excluding carboxylic acids is 2. The van der Waals surface area contributed by atoms with Crippen molar-refractivity contribution in [2.24, 2.45) is 13.0 Å². The number of nitrogens with zero attached hydrogens (tertiary/aromatic N) is 3. The quantitative estimate of drug-likeness (QED) is 0.799. The van der Waals surface area contributed by atoms with E-state index in [0.717, 1.165) is 55.6 Å². The minimum atomic E-state index is 0.0700. The van der Waals surface area contributed by atoms with E-state index in [1.54, 1.807) is 4.68 Å². The van der Waals surface area contributed by atoms with Crippen molar-refractivity contribution in [3.63, 3.8) is 0 Å². The summed E-state index contributed by atoms with van der Waals surface area (Å²) in [5.41, 5.74) is 3.10. The number of aromatic nitrogens is 2. The molecule has 2 heterocycles. The van der Waals surface area contributed by atoms with Gasteiger partial charge in [-0.3, -0.25) is 14.3 Å². The van der Waals surface area contributed by atoms with E-state index >= 15 is 0 Å². The number of aryl methyl sites for hydroxylation is 3. The molecule has 1 N–H and O–H groups in total. The lowest BCUT2D eigenvalue weighted by Gasteiger charge is -2.32. The number of carbonyl (C=O) groups is 2. The van der Waals surface area contributed by atoms with E-state index in [9.17, 15) is 9.59 Å². The smallest absolute Gasteiger partial charge is 0.224 e. The van der Waals surface area contributed by atoms with E-state index in [1.165, 1.54) is 0 Å². The summed E-state index contributed by atoms with van der Waals surface area (Å²) in [6, 6.07) is 7.86. The summed E-state index contributed by atoms with van der Waals surface area (Å²) >= 11 is 0. The van der Waals surface area contributed by atoms with Crippen molar-refractivity contribution < 1.29 is 9.59 Å². The molecule has 0 unspecified atom stereocenters. The number of anilines is 1. The third-order valence-corrected chi connectivity index (χ3v) is 5.43. The van der Waals surface area contributed by atoms with Gasteiger partial charge >= 0.3 is 0 Å². The van der Waals surface area contributed by atoms with Crippen LogP contribution in [0.1, 0.15) is 43.2 Å². The summed E-state index contributed by atoms with van der Waals surface area (Å²) in [5, 5.41) is 7.11. The Labute approximate surface area is 166 Å². The lowest BCUT2D eigenvalue weighted by atomic mass is 9.92. The van der Waals surface area contributed by atoms with Gasteiger partial charge in [-0.1, -0.05) is 12.1 Å². The number of hydrogen-bond acceptors (Lipinski definition) is 3. The molecule has 1 aromatic carbocycles. The highest BCUT2D eigenvalue weighted by molar-refractivity contribution is 5.90. The first-order valence-electron chi connectivity index (χ1n) is 10.1. The minimum Gasteiger partial charge on any atom is -0.343 e. The van der Waals surface area contributed by atoms with Gasteiger partial charge in [0.1, 0.15) is 0 Å². The van der Waals surface area contributed by atoms with Gasteiger partial charge in [0.05, 0.1) is 6.20 Å². The Balaban J connectivity index is 1.34. The van der Waals surface area contributed by atoms with Crippen LogP contribution in [0.25, 0.3) is 0 Å². The van der Waals surface area contributed by atoms with Crippen molar-refractivity contribution in [2.45, 2.75) is 45.4 Å². The average Bonchev–Trinajstić information content (AvgIpc) is 3.10. The lowest BCUT2D eigenvalue weighted by molar-refractivity contribution is -0.132. The third kappa shape index (κ3) is 5.94. The van der Waals surface area contributed by atoms with Gasteiger partial charge in [-0.2, -0.15) is 5.10 Å². The van der Waals surface area contributed by atoms with Crippen molar-refractivity contribution in [3.05, 3.63) is 47.8 Å². The Morgan fingerprint density at radius 1 is 1.21 bits per heavy atom. The second-order valence-electron chi connectivity index (χ2n) is 7.80. The highest BCUT2D eigenvalue weighted by Gasteiger charge is 2.23. The van der Waals surface area contributed by atoms with Crippen LogP contribution < -0.4 is 5.32 Å². The van der Waals surface area contributed by atoms with Gasteiger partial charge in [-0.15, -0.1) is 0 Å². The largest absolute Gasteiger partial charge is 0.343 e. The van der Waals surface area contributed by atoms with Crippen LogP contribution in [0.2, 0.25) is 0 Å². The SMILES string of the molecule is Cc1cccc(NC(=O)CCC2CCN(C(=O)CCc3cnn(C)c3)CC2)c1. The normalized spacial score (nSPS) is 14.9. The van der Waals surface area contributed by atoms with Gasteiger partial charge in [0, 0.05) is 44.9 Å². The molecule has 28 heavy (non-hydrogen) atoms. The first-order chi connectivity index (χ1) is 13.5. The molecular formula is C22H30N4O2. The van der Waals surface area contributed by atoms with E-state index in [1.807, 2.05) is 55.5 Å². The molecule has 150 valence electrons. The van der Waals surface area contributed by atoms with Gasteiger partial charge in [0.15, 0.2) is 0 Å². The summed E-state index contributed by atoms with van der Waals surface area (Å²) < 4.78 is 1.76. The van der Waals surface area contributed by atoms with Crippen LogP contribution in [0, 0.1) is 12.8 Å². The molecule has 0 saturated carbocycles. The summed E-state index contributed by atoms with van der Waals surface area (Å²) in [6.45, 7) is 3.62. The molecule has 0 aliphatic carbocycles. The van der Waals surface area contributed by atoms with Crippen LogP contribution in [0.15, 0.2) is 36.7 Å². The second kappa shape index (κ2) is 9.53. The van der Waals surface area contributed by atoms with Crippen LogP contribution in [0.4, 0.5) is 5.69 Å². The molecule has 1 saturated heterocycles. The fraction of sp³-hybridized carbons (Fsp3) is 0.500. The van der Waals surface area contributed by atoms with Crippen LogP contribution in [0.3, 0.4) is 0 Å². The number of hydrogen-bond donors (Lipinski definition) is 1. The average molecular weight is 383 g/mol. The summed E-state index contributed by atoms with van der Waals surface area (Å²) in [5.74, 6) is 0.811. The Bertz CT molecular complexity index is 806. The number of likely N-dealkylation sites (tertiary alicyclic amines) is 1. The Morgan fingerprint density at radius 3 is 2.68 bits per heavy atom. The Morgan fingerprint density at radius 2 is 2.00 bits per heavy atom. The molecule has 3 rings (SSSR count). The molecule has 1 aliphatic heterocycles. The maximum absolute atomic E-state index is 12.4. The van der Waals surface area contributed by atoms with Gasteiger partial charge < -0.3 is 10.2 Å². The summed E-state index contributed by atoms with van der Waals surface area (Å²) in [4.78, 5) is 26.6. The highest BCUT2D eigenvalue weighted by atomic mass is 16.2. The zero-order valence-electron chi connectivity index (χ0n) is 16.9. The summed E-state index contributed by atoms with van der Waals surface area (Å²) in [7, 11) is 1.89. The van der Waals surface area contributed by atoms with Crippen LogP contribution in [0.5, 0.6) is 0 Å². The zero-order chi connectivity index (χ0) is 19.9. The maximum Gasteiger partial charge on any atom is 0.224 e. The maximum atomic E-state index is 12.4. The number of piperidine rings is 1. The predicted octanol–water partition coefficient (Wildman–Crippen LogP) is 3.32. The molecule has 2 amide bonds. The molecule has 1 fully saturated rings. The van der Waals surface area contributed by atoms with Gasteiger partial charge in [0.2, 0.25) is 11.8 Å². The number of amides is 2. The number of benzene rings is 1. The molecule has 0 atom stereocenters. The minimum absolute atomic E-state index is 0.0700. The molecular weight excluding hydrogens is 352 g/mol. The standard InChI is InChI=1S/C22H30N4O2/c1-17-4-3-5-20(14-17)24-21(27)8-6-18-10-12-26(13-11-18)22(28)9-7-19-15-23-25(2)16-19/h3-5,14-16,18H,6-13H2,1-2H3,(H,24,27). The molecule has 0 radical (unpaired) electrons. The third-order valence-electron chi connectivity index (χ3n) is 5.43. The van der Waals surface area contributed by atoms with E-state index in [-0.39, 0.29) is 11.8 Å². The molecule has 1 aromatic heterocycles. The van der Waals surface area contributed by atoms with Crippen molar-refractivity contribution in [3.8, 4) is 0 Å². The second-order valence-corrected chi connectivity index (χ2v) is 7.80. The topological polar surface area (TPSA) is 67.2 Å². The lowest BCUT2D eigenvalue weighted by Crippen LogP contribution is -2.38. The van der Waals surface area contributed by atoms with E-state index in [0.29, 0.717) is 18.8 Å². The molecule has 2 aromatic rings. The van der Waals surface area contributed by atoms with Crippen LogP contribution >= 0.6 is 0 Å². The molecule has 1 aliphatic rings. The van der Waals surface area contributed by atoms with Crippen LogP contribution in [-0.4, -0.2) is 39.6 Å². The fourth-order valence-corrected chi connectivity index (χ4v) is 3.76. The first-order valence-corrected chi connectivity index (χ1v) is 10.1. The predicted molar refractivity (Wildman–Crippen MR) is 110 cm³/mol. The van der Waals surface area contributed by atoms with E-state index in [2.05, 4.69) is 10.4 Å². The van der Waals surface area contributed by atoms with Crippen molar-refractivity contribution >= 4 is 17.5 Å². The van der Waals surface area contributed by atoms with E-state index in [4.69, 9.17) is 0 Å². The monoisotopic (exact) mass is 382 g/mol. The Kier molecular flexibility index (Phi) is 6.85. The fourth-order valence-electron chi connectivity index (χ4n) is 3.76. The molecule has 0 bridgehead atoms. The highest BCUT2D eigenvalue weighted by Crippen LogP contribution is 2.23. The van der Waals surface area contributed by atoms with E-state index < -0.39 is 0 Å². The van der Waals surface area contributed by atoms with Crippen molar-refractivity contribution in [1.29, 1.82) is 0 Å². The van der Waals surface area contributed by atoms with Gasteiger partial charge in [-0.05, 0) is 61.8 Å². The Hall–Kier alpha value is -2.63. The molecule has 0 spiro atoms. The van der Waals surface area contributed by atoms with Crippen LogP contribution in [-0.2, 0) is 23.1 Å².